The van der Waals surface area contributed by atoms with E-state index in [9.17, 15) is 0 Å². The van der Waals surface area contributed by atoms with Crippen LogP contribution in [0.25, 0.3) is 0 Å². The molecule has 2 nitrogen and oxygen atoms in total. The van der Waals surface area contributed by atoms with Gasteiger partial charge in [-0.3, -0.25) is 0 Å². The molecule has 1 spiro atoms. The Kier molecular flexibility index (Phi) is 3.13. The number of likely N-dealkylation sites (N-methyl/N-ethyl adjacent to an activating group) is 1. The summed E-state index contributed by atoms with van der Waals surface area (Å²) in [5.41, 5.74) is 0.485. The number of nitrogens with zero attached hydrogens (tertiary/aromatic N) is 1. The molecule has 0 bridgehead atoms. The first-order valence-corrected chi connectivity index (χ1v) is 6.21. The molecule has 2 aliphatic rings. The van der Waals surface area contributed by atoms with Crippen LogP contribution in [0.5, 0.6) is 0 Å². The summed E-state index contributed by atoms with van der Waals surface area (Å²) in [6.07, 6.45) is 8.38. The minimum absolute atomic E-state index is 0.485. The molecule has 0 aromatic heterocycles. The van der Waals surface area contributed by atoms with Crippen molar-refractivity contribution < 1.29 is 0 Å². The van der Waals surface area contributed by atoms with E-state index in [0.717, 1.165) is 6.04 Å². The van der Waals surface area contributed by atoms with Crippen LogP contribution in [0.4, 0.5) is 0 Å². The maximum Gasteiger partial charge on any atom is 0.0309 e. The second-order valence-corrected chi connectivity index (χ2v) is 5.20. The zero-order chi connectivity index (χ0) is 10.0. The average Bonchev–Trinajstić information content (AvgIpc) is 2.19. The predicted octanol–water partition coefficient (Wildman–Crippen LogP) is 2.00. The highest BCUT2D eigenvalue weighted by atomic mass is 15.2. The van der Waals surface area contributed by atoms with Crippen molar-refractivity contribution in [1.29, 1.82) is 0 Å². The lowest BCUT2D eigenvalue weighted by Gasteiger charge is -2.48. The molecule has 1 aliphatic heterocycles. The van der Waals surface area contributed by atoms with Gasteiger partial charge in [-0.15, -0.1) is 0 Å². The lowest BCUT2D eigenvalue weighted by atomic mass is 9.79. The van der Waals surface area contributed by atoms with Gasteiger partial charge < -0.3 is 10.2 Å². The van der Waals surface area contributed by atoms with E-state index in [0.29, 0.717) is 5.54 Å². The van der Waals surface area contributed by atoms with Gasteiger partial charge in [-0.2, -0.15) is 0 Å². The molecule has 2 fully saturated rings. The molecule has 2 heteroatoms. The minimum Gasteiger partial charge on any atom is -0.308 e. The summed E-state index contributed by atoms with van der Waals surface area (Å²) < 4.78 is 0. The average molecular weight is 196 g/mol. The van der Waals surface area contributed by atoms with Crippen molar-refractivity contribution in [2.24, 2.45) is 0 Å². The molecule has 1 atom stereocenters. The molecule has 0 amide bonds. The van der Waals surface area contributed by atoms with Crippen molar-refractivity contribution in [2.75, 3.05) is 20.1 Å². The van der Waals surface area contributed by atoms with Gasteiger partial charge in [0.1, 0.15) is 0 Å². The zero-order valence-electron chi connectivity index (χ0n) is 9.68. The number of hydrogen-bond donors (Lipinski definition) is 1. The van der Waals surface area contributed by atoms with Gasteiger partial charge in [0, 0.05) is 24.7 Å². The Labute approximate surface area is 88.1 Å². The Bertz CT molecular complexity index is 185. The fourth-order valence-electron chi connectivity index (χ4n) is 3.17. The Hall–Kier alpha value is -0.0800. The molecule has 0 aromatic rings. The predicted molar refractivity (Wildman–Crippen MR) is 60.5 cm³/mol. The Balaban J connectivity index is 1.96. The fourth-order valence-corrected chi connectivity index (χ4v) is 3.17. The molecule has 1 heterocycles. The Morgan fingerprint density at radius 1 is 1.29 bits per heavy atom. The van der Waals surface area contributed by atoms with E-state index in [1.54, 1.807) is 0 Å². The molecular weight excluding hydrogens is 172 g/mol. The van der Waals surface area contributed by atoms with Gasteiger partial charge in [0.2, 0.25) is 0 Å². The van der Waals surface area contributed by atoms with E-state index in [4.69, 9.17) is 0 Å². The minimum atomic E-state index is 0.485. The lowest BCUT2D eigenvalue weighted by molar-refractivity contribution is 0.0740. The topological polar surface area (TPSA) is 15.3 Å². The summed E-state index contributed by atoms with van der Waals surface area (Å²) >= 11 is 0. The van der Waals surface area contributed by atoms with E-state index in [1.165, 1.54) is 51.6 Å². The van der Waals surface area contributed by atoms with Gasteiger partial charge >= 0.3 is 0 Å². The highest BCUT2D eigenvalue weighted by Gasteiger charge is 2.37. The van der Waals surface area contributed by atoms with Crippen LogP contribution in [0.2, 0.25) is 0 Å². The van der Waals surface area contributed by atoms with Crippen molar-refractivity contribution in [2.45, 2.75) is 57.0 Å². The van der Waals surface area contributed by atoms with Crippen LogP contribution in [0.15, 0.2) is 0 Å². The summed E-state index contributed by atoms with van der Waals surface area (Å²) in [4.78, 5) is 2.57. The Morgan fingerprint density at radius 2 is 2.00 bits per heavy atom. The van der Waals surface area contributed by atoms with Gasteiger partial charge in [0.05, 0.1) is 0 Å². The summed E-state index contributed by atoms with van der Waals surface area (Å²) in [7, 11) is 2.30. The van der Waals surface area contributed by atoms with Crippen LogP contribution in [-0.4, -0.2) is 36.6 Å². The standard InChI is InChI=1S/C12H24N2/c1-3-11-9-13-12(10-14(11)2)7-5-4-6-8-12/h11,13H,3-10H2,1-2H3. The highest BCUT2D eigenvalue weighted by molar-refractivity contribution is 4.98. The number of rotatable bonds is 1. The van der Waals surface area contributed by atoms with E-state index >= 15 is 0 Å². The summed E-state index contributed by atoms with van der Waals surface area (Å²) in [5.74, 6) is 0. The first kappa shape index (κ1) is 10.4. The first-order valence-electron chi connectivity index (χ1n) is 6.21. The smallest absolute Gasteiger partial charge is 0.0309 e. The van der Waals surface area contributed by atoms with Gasteiger partial charge in [-0.1, -0.05) is 26.2 Å². The van der Waals surface area contributed by atoms with Crippen molar-refractivity contribution in [3.63, 3.8) is 0 Å². The van der Waals surface area contributed by atoms with Crippen LogP contribution in [0.3, 0.4) is 0 Å². The fraction of sp³-hybridized carbons (Fsp3) is 1.00. The zero-order valence-corrected chi connectivity index (χ0v) is 9.68. The molecule has 0 aromatic carbocycles. The number of hydrogen-bond acceptors (Lipinski definition) is 2. The third-order valence-electron chi connectivity index (χ3n) is 4.17. The summed E-state index contributed by atoms with van der Waals surface area (Å²) in [6, 6.07) is 0.766. The van der Waals surface area contributed by atoms with Crippen LogP contribution >= 0.6 is 0 Å². The molecule has 14 heavy (non-hydrogen) atoms. The number of nitrogens with one attached hydrogen (secondary N) is 1. The molecule has 1 saturated heterocycles. The van der Waals surface area contributed by atoms with Crippen molar-refractivity contribution in [1.82, 2.24) is 10.2 Å². The van der Waals surface area contributed by atoms with E-state index in [-0.39, 0.29) is 0 Å². The number of piperazine rings is 1. The summed E-state index contributed by atoms with van der Waals surface area (Å²) in [6.45, 7) is 4.76. The molecule has 2 rings (SSSR count). The maximum absolute atomic E-state index is 3.82. The van der Waals surface area contributed by atoms with E-state index < -0.39 is 0 Å². The second-order valence-electron chi connectivity index (χ2n) is 5.20. The van der Waals surface area contributed by atoms with Crippen molar-refractivity contribution >= 4 is 0 Å². The van der Waals surface area contributed by atoms with E-state index in [1.807, 2.05) is 0 Å². The third-order valence-corrected chi connectivity index (χ3v) is 4.17. The van der Waals surface area contributed by atoms with Crippen molar-refractivity contribution in [3.05, 3.63) is 0 Å². The van der Waals surface area contributed by atoms with E-state index in [2.05, 4.69) is 24.2 Å². The third kappa shape index (κ3) is 1.96. The Morgan fingerprint density at radius 3 is 2.57 bits per heavy atom. The van der Waals surface area contributed by atoms with Gasteiger partial charge in [-0.05, 0) is 26.3 Å². The first-order chi connectivity index (χ1) is 6.76. The molecule has 1 N–H and O–H groups in total. The summed E-state index contributed by atoms with van der Waals surface area (Å²) in [5, 5.41) is 3.82. The molecule has 1 saturated carbocycles. The quantitative estimate of drug-likeness (QED) is 0.690. The molecule has 1 aliphatic carbocycles. The van der Waals surface area contributed by atoms with Gasteiger partial charge in [0.15, 0.2) is 0 Å². The van der Waals surface area contributed by atoms with Gasteiger partial charge in [0.25, 0.3) is 0 Å². The van der Waals surface area contributed by atoms with Crippen LogP contribution in [0.1, 0.15) is 45.4 Å². The molecular formula is C12H24N2. The normalized spacial score (nSPS) is 33.4. The van der Waals surface area contributed by atoms with Crippen molar-refractivity contribution in [3.8, 4) is 0 Å². The molecule has 1 unspecified atom stereocenters. The lowest BCUT2D eigenvalue weighted by Crippen LogP contribution is -2.63. The molecule has 0 radical (unpaired) electrons. The molecule has 82 valence electrons. The highest BCUT2D eigenvalue weighted by Crippen LogP contribution is 2.31. The van der Waals surface area contributed by atoms with Gasteiger partial charge in [-0.25, -0.2) is 0 Å². The van der Waals surface area contributed by atoms with Crippen LogP contribution < -0.4 is 5.32 Å². The SMILES string of the molecule is CCC1CNC2(CCCCC2)CN1C. The monoisotopic (exact) mass is 196 g/mol. The second kappa shape index (κ2) is 4.19. The van der Waals surface area contributed by atoms with Crippen LogP contribution in [0, 0.1) is 0 Å². The van der Waals surface area contributed by atoms with Crippen LogP contribution in [-0.2, 0) is 0 Å². The maximum atomic E-state index is 3.82. The largest absolute Gasteiger partial charge is 0.308 e.